The third-order valence-electron chi connectivity index (χ3n) is 2.26. The Morgan fingerprint density at radius 1 is 1.20 bits per heavy atom. The second-order valence-electron chi connectivity index (χ2n) is 3.63. The Labute approximate surface area is 88.6 Å². The smallest absolute Gasteiger partial charge is 0.141 e. The normalized spacial score (nSPS) is 10.3. The average molecular weight is 201 g/mol. The SMILES string of the molecule is Cc1cccc(Cc2ccc(F)cn2)c1. The lowest BCUT2D eigenvalue weighted by molar-refractivity contribution is 0.619. The van der Waals surface area contributed by atoms with Crippen molar-refractivity contribution in [3.05, 3.63) is 65.2 Å². The average Bonchev–Trinajstić information content (AvgIpc) is 2.22. The van der Waals surface area contributed by atoms with E-state index in [1.165, 1.54) is 23.4 Å². The maximum atomic E-state index is 12.6. The van der Waals surface area contributed by atoms with Crippen LogP contribution in [0.25, 0.3) is 0 Å². The van der Waals surface area contributed by atoms with Gasteiger partial charge in [-0.05, 0) is 24.6 Å². The van der Waals surface area contributed by atoms with Crippen molar-refractivity contribution in [1.29, 1.82) is 0 Å². The molecule has 1 aromatic carbocycles. The van der Waals surface area contributed by atoms with Crippen molar-refractivity contribution in [3.63, 3.8) is 0 Å². The first kappa shape index (κ1) is 9.84. The van der Waals surface area contributed by atoms with E-state index >= 15 is 0 Å². The van der Waals surface area contributed by atoms with E-state index in [9.17, 15) is 4.39 Å². The van der Waals surface area contributed by atoms with Gasteiger partial charge in [0.25, 0.3) is 0 Å². The molecule has 0 radical (unpaired) electrons. The van der Waals surface area contributed by atoms with Crippen molar-refractivity contribution in [2.75, 3.05) is 0 Å². The van der Waals surface area contributed by atoms with Crippen molar-refractivity contribution in [2.45, 2.75) is 13.3 Å². The number of hydrogen-bond acceptors (Lipinski definition) is 1. The van der Waals surface area contributed by atoms with Gasteiger partial charge in [0.05, 0.1) is 6.20 Å². The quantitative estimate of drug-likeness (QED) is 0.727. The summed E-state index contributed by atoms with van der Waals surface area (Å²) in [5.74, 6) is -0.289. The highest BCUT2D eigenvalue weighted by Crippen LogP contribution is 2.09. The van der Waals surface area contributed by atoms with Crippen molar-refractivity contribution in [3.8, 4) is 0 Å². The van der Waals surface area contributed by atoms with Gasteiger partial charge in [-0.1, -0.05) is 29.8 Å². The number of aromatic nitrogens is 1. The fourth-order valence-corrected chi connectivity index (χ4v) is 1.54. The molecule has 2 aromatic rings. The van der Waals surface area contributed by atoms with Gasteiger partial charge in [0.1, 0.15) is 5.82 Å². The van der Waals surface area contributed by atoms with Gasteiger partial charge in [-0.3, -0.25) is 4.98 Å². The summed E-state index contributed by atoms with van der Waals surface area (Å²) in [6, 6.07) is 11.4. The standard InChI is InChI=1S/C13H12FN/c1-10-3-2-4-11(7-10)8-13-6-5-12(14)9-15-13/h2-7,9H,8H2,1H3. The highest BCUT2D eigenvalue weighted by atomic mass is 19.1. The van der Waals surface area contributed by atoms with Crippen LogP contribution in [0, 0.1) is 12.7 Å². The summed E-state index contributed by atoms with van der Waals surface area (Å²) in [5.41, 5.74) is 3.32. The van der Waals surface area contributed by atoms with E-state index < -0.39 is 0 Å². The van der Waals surface area contributed by atoms with Crippen LogP contribution in [0.2, 0.25) is 0 Å². The van der Waals surface area contributed by atoms with E-state index in [1.54, 1.807) is 6.07 Å². The summed E-state index contributed by atoms with van der Waals surface area (Å²) < 4.78 is 12.6. The Balaban J connectivity index is 2.18. The van der Waals surface area contributed by atoms with Gasteiger partial charge in [0.2, 0.25) is 0 Å². The molecule has 0 aliphatic carbocycles. The van der Waals surface area contributed by atoms with Crippen LogP contribution >= 0.6 is 0 Å². The lowest BCUT2D eigenvalue weighted by Crippen LogP contribution is -1.92. The second-order valence-corrected chi connectivity index (χ2v) is 3.63. The molecule has 0 amide bonds. The first-order valence-electron chi connectivity index (χ1n) is 4.90. The van der Waals surface area contributed by atoms with Crippen molar-refractivity contribution in [2.24, 2.45) is 0 Å². The molecule has 2 heteroatoms. The number of hydrogen-bond donors (Lipinski definition) is 0. The lowest BCUT2D eigenvalue weighted by Gasteiger charge is -2.02. The Morgan fingerprint density at radius 2 is 2.07 bits per heavy atom. The van der Waals surface area contributed by atoms with Gasteiger partial charge < -0.3 is 0 Å². The third kappa shape index (κ3) is 2.62. The van der Waals surface area contributed by atoms with E-state index in [0.717, 1.165) is 12.1 Å². The summed E-state index contributed by atoms with van der Waals surface area (Å²) in [6.45, 7) is 2.06. The summed E-state index contributed by atoms with van der Waals surface area (Å²) in [6.07, 6.45) is 2.01. The summed E-state index contributed by atoms with van der Waals surface area (Å²) >= 11 is 0. The molecule has 0 saturated carbocycles. The number of halogens is 1. The largest absolute Gasteiger partial charge is 0.258 e. The van der Waals surface area contributed by atoms with Crippen LogP contribution in [0.1, 0.15) is 16.8 Å². The minimum atomic E-state index is -0.289. The third-order valence-corrected chi connectivity index (χ3v) is 2.26. The van der Waals surface area contributed by atoms with Crippen molar-refractivity contribution >= 4 is 0 Å². The van der Waals surface area contributed by atoms with Crippen molar-refractivity contribution < 1.29 is 4.39 Å². The molecule has 15 heavy (non-hydrogen) atoms. The number of aryl methyl sites for hydroxylation is 1. The topological polar surface area (TPSA) is 12.9 Å². The Bertz CT molecular complexity index is 448. The molecule has 76 valence electrons. The fourth-order valence-electron chi connectivity index (χ4n) is 1.54. The van der Waals surface area contributed by atoms with Gasteiger partial charge in [-0.15, -0.1) is 0 Å². The number of benzene rings is 1. The van der Waals surface area contributed by atoms with Crippen molar-refractivity contribution in [1.82, 2.24) is 4.98 Å². The zero-order valence-electron chi connectivity index (χ0n) is 8.57. The Hall–Kier alpha value is -1.70. The summed E-state index contributed by atoms with van der Waals surface area (Å²) in [4.78, 5) is 4.03. The Kier molecular flexibility index (Phi) is 2.77. The molecule has 0 atom stereocenters. The highest BCUT2D eigenvalue weighted by molar-refractivity contribution is 5.26. The zero-order chi connectivity index (χ0) is 10.7. The van der Waals surface area contributed by atoms with Crippen LogP contribution in [-0.4, -0.2) is 4.98 Å². The zero-order valence-corrected chi connectivity index (χ0v) is 8.57. The van der Waals surface area contributed by atoms with E-state index in [0.29, 0.717) is 0 Å². The van der Waals surface area contributed by atoms with E-state index in [-0.39, 0.29) is 5.82 Å². The van der Waals surface area contributed by atoms with E-state index in [1.807, 2.05) is 6.07 Å². The molecular formula is C13H12FN. The highest BCUT2D eigenvalue weighted by Gasteiger charge is 1.98. The maximum absolute atomic E-state index is 12.6. The second kappa shape index (κ2) is 4.22. The maximum Gasteiger partial charge on any atom is 0.141 e. The fraction of sp³-hybridized carbons (Fsp3) is 0.154. The minimum absolute atomic E-state index is 0.289. The minimum Gasteiger partial charge on any atom is -0.258 e. The van der Waals surface area contributed by atoms with Gasteiger partial charge in [-0.2, -0.15) is 0 Å². The van der Waals surface area contributed by atoms with E-state index in [2.05, 4.69) is 30.1 Å². The van der Waals surface area contributed by atoms with Crippen LogP contribution in [-0.2, 0) is 6.42 Å². The van der Waals surface area contributed by atoms with Crippen LogP contribution < -0.4 is 0 Å². The summed E-state index contributed by atoms with van der Waals surface area (Å²) in [7, 11) is 0. The molecule has 0 bridgehead atoms. The molecule has 0 aliphatic heterocycles. The molecule has 2 rings (SSSR count). The molecule has 0 spiro atoms. The monoisotopic (exact) mass is 201 g/mol. The molecule has 1 nitrogen and oxygen atoms in total. The number of pyridine rings is 1. The molecule has 0 aliphatic rings. The lowest BCUT2D eigenvalue weighted by atomic mass is 10.1. The van der Waals surface area contributed by atoms with Gasteiger partial charge in [-0.25, -0.2) is 4.39 Å². The van der Waals surface area contributed by atoms with Crippen LogP contribution in [0.4, 0.5) is 4.39 Å². The molecule has 0 N–H and O–H groups in total. The number of nitrogens with zero attached hydrogens (tertiary/aromatic N) is 1. The predicted octanol–water partition coefficient (Wildman–Crippen LogP) is 3.12. The predicted molar refractivity (Wildman–Crippen MR) is 58.2 cm³/mol. The van der Waals surface area contributed by atoms with Crippen LogP contribution in [0.15, 0.2) is 42.6 Å². The first-order valence-corrected chi connectivity index (χ1v) is 4.90. The first-order chi connectivity index (χ1) is 7.24. The van der Waals surface area contributed by atoms with Gasteiger partial charge in [0, 0.05) is 12.1 Å². The Morgan fingerprint density at radius 3 is 2.73 bits per heavy atom. The molecule has 0 unspecified atom stereocenters. The molecule has 0 saturated heterocycles. The molecule has 1 heterocycles. The molecule has 0 fully saturated rings. The van der Waals surface area contributed by atoms with Crippen LogP contribution in [0.3, 0.4) is 0 Å². The van der Waals surface area contributed by atoms with Gasteiger partial charge >= 0.3 is 0 Å². The van der Waals surface area contributed by atoms with Gasteiger partial charge in [0.15, 0.2) is 0 Å². The number of rotatable bonds is 2. The van der Waals surface area contributed by atoms with E-state index in [4.69, 9.17) is 0 Å². The summed E-state index contributed by atoms with van der Waals surface area (Å²) in [5, 5.41) is 0. The van der Waals surface area contributed by atoms with Crippen LogP contribution in [0.5, 0.6) is 0 Å². The molecule has 1 aromatic heterocycles. The molecular weight excluding hydrogens is 189 g/mol.